The molecule has 2 heterocycles. The number of hydrogen-bond donors (Lipinski definition) is 0. The van der Waals surface area contributed by atoms with Crippen molar-refractivity contribution >= 4 is 57.3 Å². The van der Waals surface area contributed by atoms with Gasteiger partial charge in [-0.05, 0) is 83.1 Å². The summed E-state index contributed by atoms with van der Waals surface area (Å²) in [5.74, 6) is 0. The van der Waals surface area contributed by atoms with Crippen molar-refractivity contribution in [1.29, 1.82) is 0 Å². The van der Waals surface area contributed by atoms with E-state index in [4.69, 9.17) is 8.39 Å². The van der Waals surface area contributed by atoms with Gasteiger partial charge in [0, 0.05) is 10.8 Å². The molecule has 0 aliphatic carbocycles. The molecule has 1 aliphatic heterocycles. The molecule has 0 N–H and O–H groups in total. The van der Waals surface area contributed by atoms with Crippen LogP contribution in [0, 0.1) is 13.8 Å². The summed E-state index contributed by atoms with van der Waals surface area (Å²) in [5, 5.41) is 6.94. The van der Waals surface area contributed by atoms with E-state index in [1.54, 1.807) is 0 Å². The lowest BCUT2D eigenvalue weighted by Crippen LogP contribution is -2.27. The molecule has 1 aromatic heterocycles. The topological polar surface area (TPSA) is 29.5 Å². The lowest BCUT2D eigenvalue weighted by molar-refractivity contribution is 0.575. The zero-order chi connectivity index (χ0) is 27.5. The fraction of sp³-hybridized carbons (Fsp3) is 0.135. The molecule has 1 atom stereocenters. The summed E-state index contributed by atoms with van der Waals surface area (Å²) < 4.78 is 16.6. The fourth-order valence-corrected chi connectivity index (χ4v) is 8.36. The molecule has 0 radical (unpaired) electrons. The maximum Gasteiger partial charge on any atom is 0.342 e. The van der Waals surface area contributed by atoms with E-state index >= 15 is 0 Å². The predicted octanol–water partition coefficient (Wildman–Crippen LogP) is 11.2. The quantitative estimate of drug-likeness (QED) is 0.214. The number of nitrogens with zero attached hydrogens (tertiary/aromatic N) is 1. The molecule has 0 saturated carbocycles. The molecule has 41 heavy (non-hydrogen) atoms. The Morgan fingerprint density at radius 3 is 1.93 bits per heavy atom. The van der Waals surface area contributed by atoms with Gasteiger partial charge in [0.25, 0.3) is 0 Å². The molecule has 4 heteroatoms. The summed E-state index contributed by atoms with van der Waals surface area (Å²) in [7, 11) is -1.54. The van der Waals surface area contributed by atoms with Gasteiger partial charge >= 0.3 is 8.16 Å². The predicted molar refractivity (Wildman–Crippen MR) is 173 cm³/mol. The smallest absolute Gasteiger partial charge is 0.342 e. The van der Waals surface area contributed by atoms with Gasteiger partial charge in [0.1, 0.15) is 11.2 Å². The van der Waals surface area contributed by atoms with Crippen LogP contribution in [-0.4, -0.2) is 0 Å². The minimum absolute atomic E-state index is 0.141. The summed E-state index contributed by atoms with van der Waals surface area (Å²) >= 11 is 0. The van der Waals surface area contributed by atoms with Gasteiger partial charge < -0.3 is 8.39 Å². The number of benzene rings is 6. The highest BCUT2D eigenvalue weighted by Crippen LogP contribution is 2.52. The summed E-state index contributed by atoms with van der Waals surface area (Å²) in [6.07, 6.45) is 2.03. The average molecular weight is 552 g/mol. The Morgan fingerprint density at radius 1 is 0.659 bits per heavy atom. The van der Waals surface area contributed by atoms with Crippen molar-refractivity contribution in [2.75, 3.05) is 4.67 Å². The second-order valence-corrected chi connectivity index (χ2v) is 12.4. The minimum Gasteiger partial charge on any atom is -0.404 e. The van der Waals surface area contributed by atoms with Crippen molar-refractivity contribution < 1.29 is 8.39 Å². The first-order chi connectivity index (χ1) is 20.2. The Kier molecular flexibility index (Phi) is 5.69. The van der Waals surface area contributed by atoms with E-state index in [0.717, 1.165) is 34.8 Å². The number of hydrogen-bond acceptors (Lipinski definition) is 3. The molecule has 0 spiro atoms. The van der Waals surface area contributed by atoms with Crippen LogP contribution in [0.25, 0.3) is 43.5 Å². The van der Waals surface area contributed by atoms with Crippen molar-refractivity contribution in [3.05, 3.63) is 138 Å². The minimum atomic E-state index is -1.54. The molecule has 200 valence electrons. The van der Waals surface area contributed by atoms with Gasteiger partial charge in [-0.25, -0.2) is 0 Å². The molecule has 3 nitrogen and oxygen atoms in total. The number of para-hydroxylation sites is 1. The molecule has 8 rings (SSSR count). The number of anilines is 1. The van der Waals surface area contributed by atoms with Crippen molar-refractivity contribution in [2.24, 2.45) is 0 Å². The standard InChI is InChI=1S/C37H30NO2P/c1-24-15-19-29(25(2)23-24)33-20-16-28-11-5-8-14-32(28)38(33)41-39-34-21-17-26-9-3-6-12-30(26)36(34)37-31-13-7-4-10-27(31)18-22-35(37)40-41/h3-15,17-19,21-23,33H,16,20H2,1-2H3/t33-/m0/s1. The molecule has 6 aromatic carbocycles. The molecule has 0 fully saturated rings. The monoisotopic (exact) mass is 551 g/mol. The Hall–Kier alpha value is -4.46. The van der Waals surface area contributed by atoms with Gasteiger partial charge in [0.15, 0.2) is 0 Å². The van der Waals surface area contributed by atoms with E-state index in [2.05, 4.69) is 134 Å². The van der Waals surface area contributed by atoms with Gasteiger partial charge in [-0.2, -0.15) is 0 Å². The average Bonchev–Trinajstić information content (AvgIpc) is 3.18. The Bertz CT molecular complexity index is 2060. The van der Waals surface area contributed by atoms with Crippen LogP contribution in [0.15, 0.2) is 124 Å². The molecule has 7 aromatic rings. The van der Waals surface area contributed by atoms with E-state index in [1.165, 1.54) is 49.5 Å². The van der Waals surface area contributed by atoms with Crippen molar-refractivity contribution in [2.45, 2.75) is 32.7 Å². The zero-order valence-corrected chi connectivity index (χ0v) is 24.1. The third-order valence-corrected chi connectivity index (χ3v) is 10.1. The fourth-order valence-electron chi connectivity index (χ4n) is 6.66. The van der Waals surface area contributed by atoms with E-state index in [9.17, 15) is 0 Å². The van der Waals surface area contributed by atoms with Crippen LogP contribution in [0.1, 0.15) is 34.7 Å². The van der Waals surface area contributed by atoms with Crippen molar-refractivity contribution in [3.63, 3.8) is 0 Å². The van der Waals surface area contributed by atoms with E-state index in [0.29, 0.717) is 0 Å². The zero-order valence-electron chi connectivity index (χ0n) is 23.2. The first kappa shape index (κ1) is 24.3. The van der Waals surface area contributed by atoms with Crippen LogP contribution in [0.4, 0.5) is 5.69 Å². The van der Waals surface area contributed by atoms with Crippen LogP contribution in [-0.2, 0) is 6.42 Å². The largest absolute Gasteiger partial charge is 0.404 e. The normalized spacial score (nSPS) is 15.1. The second-order valence-electron chi connectivity index (χ2n) is 11.1. The maximum atomic E-state index is 7.08. The summed E-state index contributed by atoms with van der Waals surface area (Å²) in [4.78, 5) is 0. The van der Waals surface area contributed by atoms with Crippen LogP contribution < -0.4 is 4.67 Å². The maximum absolute atomic E-state index is 7.08. The molecule has 0 bridgehead atoms. The van der Waals surface area contributed by atoms with E-state index in [-0.39, 0.29) is 6.04 Å². The van der Waals surface area contributed by atoms with Crippen LogP contribution in [0.3, 0.4) is 0 Å². The molecular weight excluding hydrogens is 521 g/mol. The van der Waals surface area contributed by atoms with Crippen LogP contribution in [0.2, 0.25) is 0 Å². The van der Waals surface area contributed by atoms with Crippen LogP contribution >= 0.6 is 8.16 Å². The lowest BCUT2D eigenvalue weighted by atomic mass is 9.90. The number of aryl methyl sites for hydroxylation is 3. The second kappa shape index (κ2) is 9.58. The molecule has 1 aliphatic rings. The Morgan fingerprint density at radius 2 is 1.27 bits per heavy atom. The van der Waals surface area contributed by atoms with E-state index < -0.39 is 8.16 Å². The molecular formula is C37H30NO2P. The third-order valence-electron chi connectivity index (χ3n) is 8.57. The first-order valence-corrected chi connectivity index (χ1v) is 15.4. The van der Waals surface area contributed by atoms with Gasteiger partial charge in [-0.1, -0.05) is 103 Å². The van der Waals surface area contributed by atoms with Gasteiger partial charge in [-0.15, -0.1) is 0 Å². The summed E-state index contributed by atoms with van der Waals surface area (Å²) in [6, 6.07) is 41.5. The number of fused-ring (bicyclic) bond motifs is 8. The lowest BCUT2D eigenvalue weighted by Gasteiger charge is -2.37. The molecule has 0 unspecified atom stereocenters. The highest BCUT2D eigenvalue weighted by Gasteiger charge is 2.33. The number of rotatable bonds is 2. The Labute approximate surface area is 240 Å². The van der Waals surface area contributed by atoms with Gasteiger partial charge in [0.2, 0.25) is 0 Å². The molecule has 0 amide bonds. The highest BCUT2D eigenvalue weighted by molar-refractivity contribution is 7.39. The van der Waals surface area contributed by atoms with Crippen molar-refractivity contribution in [3.8, 4) is 0 Å². The molecule has 0 saturated heterocycles. The van der Waals surface area contributed by atoms with Gasteiger partial charge in [0.05, 0.1) is 11.7 Å². The Balaban J connectivity index is 1.51. The van der Waals surface area contributed by atoms with E-state index in [1.807, 2.05) is 0 Å². The summed E-state index contributed by atoms with van der Waals surface area (Å²) in [5.41, 5.74) is 8.19. The SMILES string of the molecule is Cc1ccc([C@@H]2CCc3ccccc3N2p2oc3ccc4ccccc4c3c3c(ccc4ccccc43)o2)c(C)c1. The van der Waals surface area contributed by atoms with Crippen molar-refractivity contribution in [1.82, 2.24) is 0 Å². The first-order valence-electron chi connectivity index (χ1n) is 14.3. The van der Waals surface area contributed by atoms with Gasteiger partial charge in [-0.3, -0.25) is 4.67 Å². The summed E-state index contributed by atoms with van der Waals surface area (Å²) in [6.45, 7) is 4.39. The highest BCUT2D eigenvalue weighted by atomic mass is 31.1. The third kappa shape index (κ3) is 3.96. The van der Waals surface area contributed by atoms with Crippen LogP contribution in [0.5, 0.6) is 0 Å².